The molecule has 1 aromatic heterocycles. The van der Waals surface area contributed by atoms with E-state index in [1.807, 2.05) is 0 Å². The number of hydrogen-bond acceptors (Lipinski definition) is 5. The summed E-state index contributed by atoms with van der Waals surface area (Å²) in [5.74, 6) is 0.659. The van der Waals surface area contributed by atoms with Crippen molar-refractivity contribution in [2.75, 3.05) is 25.4 Å². The van der Waals surface area contributed by atoms with Gasteiger partial charge in [-0.15, -0.1) is 0 Å². The Bertz CT molecular complexity index is 416. The first-order valence-electron chi connectivity index (χ1n) is 5.73. The molecule has 0 unspecified atom stereocenters. The Kier molecular flexibility index (Phi) is 5.50. The lowest BCUT2D eigenvalue weighted by Crippen LogP contribution is -2.25. The van der Waals surface area contributed by atoms with Gasteiger partial charge in [0.2, 0.25) is 5.88 Å². The molecule has 0 aromatic carbocycles. The number of nitrogens with zero attached hydrogens (tertiary/aromatic N) is 2. The average Bonchev–Trinajstić information content (AvgIpc) is 2.31. The van der Waals surface area contributed by atoms with Crippen molar-refractivity contribution in [2.24, 2.45) is 0 Å². The van der Waals surface area contributed by atoms with E-state index in [-0.39, 0.29) is 17.0 Å². The van der Waals surface area contributed by atoms with Crippen LogP contribution in [0.3, 0.4) is 0 Å². The summed E-state index contributed by atoms with van der Waals surface area (Å²) < 4.78 is 0. The van der Waals surface area contributed by atoms with Crippen LogP contribution >= 0.6 is 11.8 Å². The van der Waals surface area contributed by atoms with Crippen molar-refractivity contribution < 1.29 is 5.11 Å². The Morgan fingerprint density at radius 3 is 2.59 bits per heavy atom. The molecular weight excluding hydrogens is 238 g/mol. The van der Waals surface area contributed by atoms with Crippen molar-refractivity contribution in [3.05, 3.63) is 15.9 Å². The van der Waals surface area contributed by atoms with Crippen molar-refractivity contribution in [1.82, 2.24) is 14.9 Å². The summed E-state index contributed by atoms with van der Waals surface area (Å²) in [5.41, 5.74) is -0.0130. The Morgan fingerprint density at radius 2 is 2.06 bits per heavy atom. The molecule has 0 spiro atoms. The molecule has 1 aromatic rings. The monoisotopic (exact) mass is 257 g/mol. The molecule has 6 heteroatoms. The highest BCUT2D eigenvalue weighted by molar-refractivity contribution is 7.99. The molecule has 2 N–H and O–H groups in total. The largest absolute Gasteiger partial charge is 0.493 e. The molecule has 1 heterocycles. The summed E-state index contributed by atoms with van der Waals surface area (Å²) in [4.78, 5) is 20.3. The van der Waals surface area contributed by atoms with Crippen LogP contribution in [-0.4, -0.2) is 45.4 Å². The zero-order chi connectivity index (χ0) is 12.8. The molecular formula is C11H19N3O2S. The molecule has 17 heavy (non-hydrogen) atoms. The fraction of sp³-hybridized carbons (Fsp3) is 0.636. The third-order valence-corrected chi connectivity index (χ3v) is 3.50. The fourth-order valence-corrected chi connectivity index (χ4v) is 2.24. The van der Waals surface area contributed by atoms with Gasteiger partial charge in [-0.25, -0.2) is 0 Å². The SMILES string of the molecule is CCN(CC)CCSc1nc(O)c(C)c(=O)[nH]1. The zero-order valence-corrected chi connectivity index (χ0v) is 11.3. The van der Waals surface area contributed by atoms with E-state index < -0.39 is 0 Å². The van der Waals surface area contributed by atoms with Gasteiger partial charge >= 0.3 is 0 Å². The van der Waals surface area contributed by atoms with Gasteiger partial charge in [-0.2, -0.15) is 4.98 Å². The van der Waals surface area contributed by atoms with Crippen LogP contribution in [0.25, 0.3) is 0 Å². The van der Waals surface area contributed by atoms with Crippen LogP contribution in [0.1, 0.15) is 19.4 Å². The lowest BCUT2D eigenvalue weighted by atomic mass is 10.4. The summed E-state index contributed by atoms with van der Waals surface area (Å²) in [7, 11) is 0. The van der Waals surface area contributed by atoms with Crippen LogP contribution in [0.15, 0.2) is 9.95 Å². The van der Waals surface area contributed by atoms with E-state index >= 15 is 0 Å². The van der Waals surface area contributed by atoms with Gasteiger partial charge in [0, 0.05) is 12.3 Å². The first-order chi connectivity index (χ1) is 8.08. The molecule has 0 bridgehead atoms. The number of aromatic amines is 1. The van der Waals surface area contributed by atoms with Gasteiger partial charge in [0.1, 0.15) is 0 Å². The number of aromatic nitrogens is 2. The number of thioether (sulfide) groups is 1. The van der Waals surface area contributed by atoms with Gasteiger partial charge in [0.25, 0.3) is 5.56 Å². The fourth-order valence-electron chi connectivity index (χ4n) is 1.38. The summed E-state index contributed by atoms with van der Waals surface area (Å²) >= 11 is 1.45. The van der Waals surface area contributed by atoms with Crippen LogP contribution in [0.2, 0.25) is 0 Å². The van der Waals surface area contributed by atoms with Crippen molar-refractivity contribution >= 4 is 11.8 Å². The minimum Gasteiger partial charge on any atom is -0.493 e. The molecule has 1 rings (SSSR count). The molecule has 0 saturated carbocycles. The van der Waals surface area contributed by atoms with E-state index in [1.165, 1.54) is 11.8 Å². The third kappa shape index (κ3) is 4.05. The van der Waals surface area contributed by atoms with E-state index in [4.69, 9.17) is 0 Å². The normalized spacial score (nSPS) is 11.1. The van der Waals surface area contributed by atoms with Gasteiger partial charge in [-0.3, -0.25) is 4.79 Å². The van der Waals surface area contributed by atoms with Crippen LogP contribution < -0.4 is 5.56 Å². The summed E-state index contributed by atoms with van der Waals surface area (Å²) in [5, 5.41) is 9.90. The van der Waals surface area contributed by atoms with Gasteiger partial charge < -0.3 is 15.0 Å². The predicted molar refractivity (Wildman–Crippen MR) is 69.8 cm³/mol. The topological polar surface area (TPSA) is 69.2 Å². The van der Waals surface area contributed by atoms with E-state index in [0.717, 1.165) is 25.4 Å². The molecule has 0 amide bonds. The highest BCUT2D eigenvalue weighted by Crippen LogP contribution is 2.15. The molecule has 0 saturated heterocycles. The van der Waals surface area contributed by atoms with E-state index in [2.05, 4.69) is 28.7 Å². The standard InChI is InChI=1S/C11H19N3O2S/c1-4-14(5-2)6-7-17-11-12-9(15)8(3)10(16)13-11/h4-7H2,1-3H3,(H2,12,13,15,16). The number of aromatic hydroxyl groups is 1. The van der Waals surface area contributed by atoms with Crippen molar-refractivity contribution in [1.29, 1.82) is 0 Å². The second kappa shape index (κ2) is 6.66. The number of nitrogens with one attached hydrogen (secondary N) is 1. The van der Waals surface area contributed by atoms with Gasteiger partial charge in [-0.05, 0) is 20.0 Å². The second-order valence-corrected chi connectivity index (χ2v) is 4.78. The first-order valence-corrected chi connectivity index (χ1v) is 6.72. The lowest BCUT2D eigenvalue weighted by Gasteiger charge is -2.16. The van der Waals surface area contributed by atoms with E-state index in [9.17, 15) is 9.90 Å². The Balaban J connectivity index is 2.56. The maximum atomic E-state index is 11.4. The van der Waals surface area contributed by atoms with Gasteiger partial charge in [0.15, 0.2) is 5.16 Å². The molecule has 0 radical (unpaired) electrons. The Hall–Kier alpha value is -1.01. The predicted octanol–water partition coefficient (Wildman–Crippen LogP) is 1.22. The van der Waals surface area contributed by atoms with Gasteiger partial charge in [-0.1, -0.05) is 25.6 Å². The Labute approximate surface area is 105 Å². The molecule has 0 aliphatic carbocycles. The van der Waals surface area contributed by atoms with Crippen LogP contribution in [0.5, 0.6) is 5.88 Å². The number of hydrogen-bond donors (Lipinski definition) is 2. The lowest BCUT2D eigenvalue weighted by molar-refractivity contribution is 0.324. The van der Waals surface area contributed by atoms with Crippen LogP contribution in [0, 0.1) is 6.92 Å². The van der Waals surface area contributed by atoms with Crippen LogP contribution in [0.4, 0.5) is 0 Å². The molecule has 0 atom stereocenters. The smallest absolute Gasteiger partial charge is 0.258 e. The van der Waals surface area contributed by atoms with Crippen molar-refractivity contribution in [3.8, 4) is 5.88 Å². The summed E-state index contributed by atoms with van der Waals surface area (Å²) in [6.45, 7) is 8.75. The zero-order valence-electron chi connectivity index (χ0n) is 10.5. The third-order valence-electron chi connectivity index (χ3n) is 2.64. The number of H-pyrrole nitrogens is 1. The minimum absolute atomic E-state index is 0.181. The van der Waals surface area contributed by atoms with Gasteiger partial charge in [0.05, 0.1) is 5.56 Å². The average molecular weight is 257 g/mol. The summed E-state index contributed by atoms with van der Waals surface area (Å²) in [6, 6.07) is 0. The van der Waals surface area contributed by atoms with E-state index in [0.29, 0.717) is 5.16 Å². The second-order valence-electron chi connectivity index (χ2n) is 3.70. The number of rotatable bonds is 6. The maximum absolute atomic E-state index is 11.4. The Morgan fingerprint density at radius 1 is 1.41 bits per heavy atom. The minimum atomic E-state index is -0.275. The molecule has 0 fully saturated rings. The van der Waals surface area contributed by atoms with Crippen LogP contribution in [-0.2, 0) is 0 Å². The highest BCUT2D eigenvalue weighted by atomic mass is 32.2. The first kappa shape index (κ1) is 14.1. The van der Waals surface area contributed by atoms with E-state index in [1.54, 1.807) is 6.92 Å². The molecule has 96 valence electrons. The maximum Gasteiger partial charge on any atom is 0.258 e. The molecule has 5 nitrogen and oxygen atoms in total. The summed E-state index contributed by atoms with van der Waals surface area (Å²) in [6.07, 6.45) is 0. The molecule has 0 aliphatic heterocycles. The van der Waals surface area contributed by atoms with Crippen molar-refractivity contribution in [3.63, 3.8) is 0 Å². The van der Waals surface area contributed by atoms with Crippen molar-refractivity contribution in [2.45, 2.75) is 25.9 Å². The molecule has 0 aliphatic rings. The quantitative estimate of drug-likeness (QED) is 0.592. The highest BCUT2D eigenvalue weighted by Gasteiger charge is 2.06.